The molecule has 7 heteroatoms. The first-order valence-electron chi connectivity index (χ1n) is 7.46. The zero-order valence-electron chi connectivity index (χ0n) is 13.9. The monoisotopic (exact) mass is 342 g/mol. The normalized spacial score (nSPS) is 9.84. The molecule has 0 atom stereocenters. The van der Waals surface area contributed by atoms with Crippen molar-refractivity contribution in [1.29, 1.82) is 0 Å². The Labute approximate surface area is 144 Å². The van der Waals surface area contributed by atoms with Crippen molar-refractivity contribution in [2.75, 3.05) is 13.7 Å². The Bertz CT molecular complexity index is 754. The predicted molar refractivity (Wildman–Crippen MR) is 90.1 cm³/mol. The Balaban J connectivity index is 1.79. The third kappa shape index (κ3) is 5.35. The summed E-state index contributed by atoms with van der Waals surface area (Å²) in [6.07, 6.45) is 0. The lowest BCUT2D eigenvalue weighted by Gasteiger charge is -2.09. The summed E-state index contributed by atoms with van der Waals surface area (Å²) in [4.78, 5) is 34.9. The fourth-order valence-electron chi connectivity index (χ4n) is 1.89. The number of methoxy groups -OCH3 is 1. The molecular formula is C18H18N2O5. The number of hydrogen-bond donors (Lipinski definition) is 2. The van der Waals surface area contributed by atoms with Gasteiger partial charge in [-0.05, 0) is 43.3 Å². The van der Waals surface area contributed by atoms with Gasteiger partial charge in [0.15, 0.2) is 6.61 Å². The van der Waals surface area contributed by atoms with Crippen LogP contribution in [-0.4, -0.2) is 31.5 Å². The summed E-state index contributed by atoms with van der Waals surface area (Å²) in [6.45, 7) is 1.72. The van der Waals surface area contributed by atoms with Crippen LogP contribution < -0.4 is 15.6 Å². The lowest BCUT2D eigenvalue weighted by Crippen LogP contribution is -2.43. The summed E-state index contributed by atoms with van der Waals surface area (Å²) in [5.41, 5.74) is 6.23. The van der Waals surface area contributed by atoms with Gasteiger partial charge in [0.25, 0.3) is 11.8 Å². The summed E-state index contributed by atoms with van der Waals surface area (Å²) in [6, 6.07) is 13.1. The van der Waals surface area contributed by atoms with E-state index in [-0.39, 0.29) is 12.2 Å². The number of ether oxygens (including phenoxy) is 2. The van der Waals surface area contributed by atoms with Gasteiger partial charge in [0, 0.05) is 5.56 Å². The van der Waals surface area contributed by atoms with Crippen LogP contribution in [0.4, 0.5) is 0 Å². The summed E-state index contributed by atoms with van der Waals surface area (Å²) < 4.78 is 9.88. The Kier molecular flexibility index (Phi) is 6.11. The molecule has 25 heavy (non-hydrogen) atoms. The molecular weight excluding hydrogens is 324 g/mol. The lowest BCUT2D eigenvalue weighted by molar-refractivity contribution is -0.123. The minimum atomic E-state index is -0.514. The molecule has 0 heterocycles. The van der Waals surface area contributed by atoms with Crippen molar-refractivity contribution in [2.24, 2.45) is 0 Å². The quantitative estimate of drug-likeness (QED) is 0.636. The number of carbonyl (C=O) groups is 3. The number of aryl methyl sites for hydroxylation is 1. The molecule has 0 spiro atoms. The second kappa shape index (κ2) is 8.49. The SMILES string of the molecule is COC(=O)c1ccc(C(=O)NNC(=O)COc2ccc(C)cc2)cc1. The second-order valence-corrected chi connectivity index (χ2v) is 5.17. The molecule has 0 saturated carbocycles. The molecule has 0 aliphatic carbocycles. The van der Waals surface area contributed by atoms with Crippen LogP contribution >= 0.6 is 0 Å². The Morgan fingerprint density at radius 2 is 1.48 bits per heavy atom. The van der Waals surface area contributed by atoms with E-state index in [1.165, 1.54) is 31.4 Å². The summed E-state index contributed by atoms with van der Waals surface area (Å²) in [5, 5.41) is 0. The van der Waals surface area contributed by atoms with E-state index in [1.54, 1.807) is 12.1 Å². The van der Waals surface area contributed by atoms with Crippen molar-refractivity contribution in [3.63, 3.8) is 0 Å². The van der Waals surface area contributed by atoms with Crippen LogP contribution in [0.1, 0.15) is 26.3 Å². The molecule has 2 N–H and O–H groups in total. The van der Waals surface area contributed by atoms with Crippen LogP contribution in [0.2, 0.25) is 0 Å². The average molecular weight is 342 g/mol. The first-order valence-corrected chi connectivity index (χ1v) is 7.46. The number of rotatable bonds is 5. The Morgan fingerprint density at radius 1 is 0.880 bits per heavy atom. The van der Waals surface area contributed by atoms with Crippen molar-refractivity contribution < 1.29 is 23.9 Å². The van der Waals surface area contributed by atoms with Gasteiger partial charge >= 0.3 is 5.97 Å². The fraction of sp³-hybridized carbons (Fsp3) is 0.167. The zero-order valence-corrected chi connectivity index (χ0v) is 13.9. The summed E-state index contributed by atoms with van der Waals surface area (Å²) in [5.74, 6) is -0.945. The zero-order chi connectivity index (χ0) is 18.2. The van der Waals surface area contributed by atoms with Gasteiger partial charge < -0.3 is 9.47 Å². The van der Waals surface area contributed by atoms with Crippen molar-refractivity contribution in [2.45, 2.75) is 6.92 Å². The molecule has 0 radical (unpaired) electrons. The maximum absolute atomic E-state index is 11.9. The van der Waals surface area contributed by atoms with Gasteiger partial charge in [-0.3, -0.25) is 20.4 Å². The highest BCUT2D eigenvalue weighted by molar-refractivity contribution is 5.97. The molecule has 0 saturated heterocycles. The van der Waals surface area contributed by atoms with Crippen LogP contribution in [0.5, 0.6) is 5.75 Å². The highest BCUT2D eigenvalue weighted by Crippen LogP contribution is 2.10. The van der Waals surface area contributed by atoms with Crippen molar-refractivity contribution in [3.05, 3.63) is 65.2 Å². The minimum absolute atomic E-state index is 0.232. The maximum Gasteiger partial charge on any atom is 0.337 e. The van der Waals surface area contributed by atoms with Gasteiger partial charge in [0.05, 0.1) is 12.7 Å². The van der Waals surface area contributed by atoms with Crippen LogP contribution in [0.3, 0.4) is 0 Å². The largest absolute Gasteiger partial charge is 0.484 e. The van der Waals surface area contributed by atoms with E-state index in [0.717, 1.165) is 5.56 Å². The van der Waals surface area contributed by atoms with Gasteiger partial charge in [-0.15, -0.1) is 0 Å². The Morgan fingerprint density at radius 3 is 2.08 bits per heavy atom. The topological polar surface area (TPSA) is 93.7 Å². The van der Waals surface area contributed by atoms with Crippen molar-refractivity contribution in [1.82, 2.24) is 10.9 Å². The average Bonchev–Trinajstić information content (AvgIpc) is 2.65. The molecule has 2 amide bonds. The number of benzene rings is 2. The molecule has 0 aliphatic rings. The van der Waals surface area contributed by atoms with E-state index >= 15 is 0 Å². The van der Waals surface area contributed by atoms with E-state index < -0.39 is 17.8 Å². The van der Waals surface area contributed by atoms with E-state index in [9.17, 15) is 14.4 Å². The number of esters is 1. The number of amides is 2. The lowest BCUT2D eigenvalue weighted by atomic mass is 10.1. The molecule has 0 fully saturated rings. The van der Waals surface area contributed by atoms with Crippen LogP contribution in [0.25, 0.3) is 0 Å². The molecule has 7 nitrogen and oxygen atoms in total. The van der Waals surface area contributed by atoms with E-state index in [1.807, 2.05) is 19.1 Å². The van der Waals surface area contributed by atoms with E-state index in [4.69, 9.17) is 4.74 Å². The number of hydrazine groups is 1. The molecule has 130 valence electrons. The predicted octanol–water partition coefficient (Wildman–Crippen LogP) is 1.62. The maximum atomic E-state index is 11.9. The van der Waals surface area contributed by atoms with Crippen LogP contribution in [-0.2, 0) is 9.53 Å². The molecule has 0 unspecified atom stereocenters. The minimum Gasteiger partial charge on any atom is -0.484 e. The van der Waals surface area contributed by atoms with E-state index in [0.29, 0.717) is 11.3 Å². The molecule has 0 aliphatic heterocycles. The number of nitrogens with one attached hydrogen (secondary N) is 2. The van der Waals surface area contributed by atoms with Crippen molar-refractivity contribution >= 4 is 17.8 Å². The smallest absolute Gasteiger partial charge is 0.337 e. The third-order valence-corrected chi connectivity index (χ3v) is 3.27. The first kappa shape index (κ1) is 18.0. The highest BCUT2D eigenvalue weighted by Gasteiger charge is 2.10. The van der Waals surface area contributed by atoms with Gasteiger partial charge in [-0.1, -0.05) is 17.7 Å². The van der Waals surface area contributed by atoms with Gasteiger partial charge in [-0.25, -0.2) is 4.79 Å². The number of carbonyl (C=O) groups excluding carboxylic acids is 3. The third-order valence-electron chi connectivity index (χ3n) is 3.27. The molecule has 2 aromatic rings. The van der Waals surface area contributed by atoms with E-state index in [2.05, 4.69) is 15.6 Å². The molecule has 0 aromatic heterocycles. The second-order valence-electron chi connectivity index (χ2n) is 5.17. The van der Waals surface area contributed by atoms with Crippen LogP contribution in [0, 0.1) is 6.92 Å². The van der Waals surface area contributed by atoms with Gasteiger partial charge in [-0.2, -0.15) is 0 Å². The summed E-state index contributed by atoms with van der Waals surface area (Å²) >= 11 is 0. The van der Waals surface area contributed by atoms with Crippen molar-refractivity contribution in [3.8, 4) is 5.75 Å². The molecule has 2 rings (SSSR count). The van der Waals surface area contributed by atoms with Crippen LogP contribution in [0.15, 0.2) is 48.5 Å². The fourth-order valence-corrected chi connectivity index (χ4v) is 1.89. The first-order chi connectivity index (χ1) is 12.0. The molecule has 0 bridgehead atoms. The highest BCUT2D eigenvalue weighted by atomic mass is 16.5. The van der Waals surface area contributed by atoms with Gasteiger partial charge in [0.2, 0.25) is 0 Å². The Hall–Kier alpha value is -3.35. The standard InChI is InChI=1S/C18H18N2O5/c1-12-3-9-15(10-4-12)25-11-16(21)19-20-17(22)13-5-7-14(8-6-13)18(23)24-2/h3-10H,11H2,1-2H3,(H,19,21)(H,20,22). The van der Waals surface area contributed by atoms with Gasteiger partial charge in [0.1, 0.15) is 5.75 Å². The summed E-state index contributed by atoms with van der Waals surface area (Å²) in [7, 11) is 1.27. The molecule has 2 aromatic carbocycles. The number of hydrogen-bond acceptors (Lipinski definition) is 5.